The SMILES string of the molecule is C[C@H](NC(=O)N1CCOC(c2cccs2)C1)C(=O)N(C)C. The highest BCUT2D eigenvalue weighted by atomic mass is 32.1. The van der Waals surface area contributed by atoms with Crippen LogP contribution in [0, 0.1) is 0 Å². The third-order valence-electron chi connectivity index (χ3n) is 3.37. The van der Waals surface area contributed by atoms with E-state index in [-0.39, 0.29) is 18.0 Å². The van der Waals surface area contributed by atoms with Crippen molar-refractivity contribution in [3.8, 4) is 0 Å². The molecule has 0 saturated carbocycles. The normalized spacial score (nSPS) is 20.0. The Hall–Kier alpha value is -1.60. The van der Waals surface area contributed by atoms with Crippen LogP contribution in [0.3, 0.4) is 0 Å². The molecular weight excluding hydrogens is 290 g/mol. The molecule has 1 aliphatic heterocycles. The Kier molecular flexibility index (Phi) is 5.19. The highest BCUT2D eigenvalue weighted by Crippen LogP contribution is 2.25. The van der Waals surface area contributed by atoms with E-state index >= 15 is 0 Å². The number of hydrogen-bond donors (Lipinski definition) is 1. The van der Waals surface area contributed by atoms with Crippen molar-refractivity contribution in [3.63, 3.8) is 0 Å². The predicted octanol–water partition coefficient (Wildman–Crippen LogP) is 1.31. The fraction of sp³-hybridized carbons (Fsp3) is 0.571. The lowest BCUT2D eigenvalue weighted by Gasteiger charge is -2.33. The average molecular weight is 311 g/mol. The number of urea groups is 1. The van der Waals surface area contributed by atoms with Crippen molar-refractivity contribution in [2.45, 2.75) is 19.1 Å². The number of amides is 3. The van der Waals surface area contributed by atoms with Crippen LogP contribution < -0.4 is 5.32 Å². The van der Waals surface area contributed by atoms with Crippen molar-refractivity contribution in [2.75, 3.05) is 33.8 Å². The fourth-order valence-electron chi connectivity index (χ4n) is 2.21. The van der Waals surface area contributed by atoms with Crippen LogP contribution in [0.1, 0.15) is 17.9 Å². The van der Waals surface area contributed by atoms with Gasteiger partial charge in [0.25, 0.3) is 0 Å². The van der Waals surface area contributed by atoms with E-state index in [2.05, 4.69) is 5.32 Å². The number of carbonyl (C=O) groups excluding carboxylic acids is 2. The maximum absolute atomic E-state index is 12.2. The van der Waals surface area contributed by atoms with Gasteiger partial charge in [0, 0.05) is 25.5 Å². The number of ether oxygens (including phenoxy) is 1. The molecule has 2 atom stereocenters. The Labute approximate surface area is 128 Å². The Morgan fingerprint density at radius 3 is 2.90 bits per heavy atom. The molecule has 0 aliphatic carbocycles. The molecule has 1 N–H and O–H groups in total. The van der Waals surface area contributed by atoms with Crippen LogP contribution in [0.25, 0.3) is 0 Å². The smallest absolute Gasteiger partial charge is 0.318 e. The topological polar surface area (TPSA) is 61.9 Å². The van der Waals surface area contributed by atoms with Crippen LogP contribution in [0.15, 0.2) is 17.5 Å². The first-order chi connectivity index (χ1) is 9.99. The minimum atomic E-state index is -0.532. The lowest BCUT2D eigenvalue weighted by molar-refractivity contribution is -0.130. The van der Waals surface area contributed by atoms with Crippen molar-refractivity contribution in [3.05, 3.63) is 22.4 Å². The van der Waals surface area contributed by atoms with Gasteiger partial charge in [0.15, 0.2) is 0 Å². The summed E-state index contributed by atoms with van der Waals surface area (Å²) in [6.07, 6.45) is -0.0793. The highest BCUT2D eigenvalue weighted by molar-refractivity contribution is 7.10. The second-order valence-electron chi connectivity index (χ2n) is 5.22. The summed E-state index contributed by atoms with van der Waals surface area (Å²) in [5, 5.41) is 4.74. The standard InChI is InChI=1S/C14H21N3O3S/c1-10(13(18)16(2)3)15-14(19)17-6-7-20-11(9-17)12-5-4-8-21-12/h4-5,8,10-11H,6-7,9H2,1-3H3,(H,15,19)/t10-,11?/m0/s1. The summed E-state index contributed by atoms with van der Waals surface area (Å²) < 4.78 is 5.71. The number of nitrogens with one attached hydrogen (secondary N) is 1. The third kappa shape index (κ3) is 3.95. The first kappa shape index (κ1) is 15.8. The zero-order valence-electron chi connectivity index (χ0n) is 12.5. The van der Waals surface area contributed by atoms with Gasteiger partial charge < -0.3 is 19.9 Å². The molecule has 0 aromatic carbocycles. The number of nitrogens with zero attached hydrogens (tertiary/aromatic N) is 2. The number of carbonyl (C=O) groups is 2. The summed E-state index contributed by atoms with van der Waals surface area (Å²) in [6, 6.07) is 3.23. The van der Waals surface area contributed by atoms with Gasteiger partial charge in [0.1, 0.15) is 12.1 Å². The molecule has 1 unspecified atom stereocenters. The van der Waals surface area contributed by atoms with Gasteiger partial charge in [-0.2, -0.15) is 0 Å². The number of morpholine rings is 1. The first-order valence-corrected chi connectivity index (χ1v) is 7.78. The fourth-order valence-corrected chi connectivity index (χ4v) is 2.97. The van der Waals surface area contributed by atoms with Crippen molar-refractivity contribution in [1.29, 1.82) is 0 Å². The second-order valence-corrected chi connectivity index (χ2v) is 6.20. The van der Waals surface area contributed by atoms with E-state index in [0.717, 1.165) is 4.88 Å². The molecule has 0 spiro atoms. The minimum Gasteiger partial charge on any atom is -0.369 e. The van der Waals surface area contributed by atoms with Crippen LogP contribution in [0.4, 0.5) is 4.79 Å². The van der Waals surface area contributed by atoms with E-state index in [0.29, 0.717) is 19.7 Å². The van der Waals surface area contributed by atoms with Crippen molar-refractivity contribution in [1.82, 2.24) is 15.1 Å². The average Bonchev–Trinajstić information content (AvgIpc) is 3.00. The predicted molar refractivity (Wildman–Crippen MR) is 81.3 cm³/mol. The molecular formula is C14H21N3O3S. The third-order valence-corrected chi connectivity index (χ3v) is 4.33. The Morgan fingerprint density at radius 1 is 1.52 bits per heavy atom. The highest BCUT2D eigenvalue weighted by Gasteiger charge is 2.27. The molecule has 7 heteroatoms. The summed E-state index contributed by atoms with van der Waals surface area (Å²) in [5.74, 6) is -0.119. The summed E-state index contributed by atoms with van der Waals surface area (Å²) in [4.78, 5) is 28.3. The van der Waals surface area contributed by atoms with Gasteiger partial charge >= 0.3 is 6.03 Å². The van der Waals surface area contributed by atoms with E-state index < -0.39 is 6.04 Å². The van der Waals surface area contributed by atoms with Gasteiger partial charge in [0.05, 0.1) is 13.2 Å². The maximum atomic E-state index is 12.2. The van der Waals surface area contributed by atoms with Gasteiger partial charge in [-0.15, -0.1) is 11.3 Å². The summed E-state index contributed by atoms with van der Waals surface area (Å²) in [7, 11) is 3.35. The van der Waals surface area contributed by atoms with Crippen LogP contribution in [0.5, 0.6) is 0 Å². The van der Waals surface area contributed by atoms with E-state index in [9.17, 15) is 9.59 Å². The lowest BCUT2D eigenvalue weighted by atomic mass is 10.2. The van der Waals surface area contributed by atoms with Gasteiger partial charge in [-0.05, 0) is 18.4 Å². The molecule has 116 valence electrons. The van der Waals surface area contributed by atoms with E-state index in [1.807, 2.05) is 17.5 Å². The summed E-state index contributed by atoms with van der Waals surface area (Å²) in [6.45, 7) is 3.25. The molecule has 0 radical (unpaired) electrons. The van der Waals surface area contributed by atoms with Crippen molar-refractivity contribution in [2.24, 2.45) is 0 Å². The number of rotatable bonds is 3. The van der Waals surface area contributed by atoms with E-state index in [1.165, 1.54) is 4.90 Å². The number of likely N-dealkylation sites (N-methyl/N-ethyl adjacent to an activating group) is 1. The van der Waals surface area contributed by atoms with Gasteiger partial charge in [0.2, 0.25) is 5.91 Å². The van der Waals surface area contributed by atoms with Crippen LogP contribution in [0.2, 0.25) is 0 Å². The van der Waals surface area contributed by atoms with Crippen LogP contribution in [-0.4, -0.2) is 61.6 Å². The van der Waals surface area contributed by atoms with Crippen LogP contribution >= 0.6 is 11.3 Å². The van der Waals surface area contributed by atoms with E-state index in [4.69, 9.17) is 4.74 Å². The molecule has 21 heavy (non-hydrogen) atoms. The first-order valence-electron chi connectivity index (χ1n) is 6.90. The van der Waals surface area contributed by atoms with Gasteiger partial charge in [-0.1, -0.05) is 6.07 Å². The molecule has 1 aromatic heterocycles. The summed E-state index contributed by atoms with van der Waals surface area (Å²) in [5.41, 5.74) is 0. The van der Waals surface area contributed by atoms with Crippen molar-refractivity contribution < 1.29 is 14.3 Å². The minimum absolute atomic E-state index is 0.0793. The molecule has 6 nitrogen and oxygen atoms in total. The quantitative estimate of drug-likeness (QED) is 0.915. The molecule has 0 bridgehead atoms. The maximum Gasteiger partial charge on any atom is 0.318 e. The molecule has 2 rings (SSSR count). The number of hydrogen-bond acceptors (Lipinski definition) is 4. The zero-order chi connectivity index (χ0) is 15.4. The van der Waals surface area contributed by atoms with Crippen molar-refractivity contribution >= 4 is 23.3 Å². The lowest BCUT2D eigenvalue weighted by Crippen LogP contribution is -2.52. The molecule has 3 amide bonds. The molecule has 2 heterocycles. The summed E-state index contributed by atoms with van der Waals surface area (Å²) >= 11 is 1.62. The second kappa shape index (κ2) is 6.91. The van der Waals surface area contributed by atoms with E-state index in [1.54, 1.807) is 37.3 Å². The Bertz CT molecular complexity index is 490. The molecule has 1 fully saturated rings. The Morgan fingerprint density at radius 2 is 2.29 bits per heavy atom. The monoisotopic (exact) mass is 311 g/mol. The van der Waals surface area contributed by atoms with Gasteiger partial charge in [-0.3, -0.25) is 4.79 Å². The molecule has 1 aliphatic rings. The molecule has 1 aromatic rings. The van der Waals surface area contributed by atoms with Crippen LogP contribution in [-0.2, 0) is 9.53 Å². The Balaban J connectivity index is 1.92. The molecule has 1 saturated heterocycles. The van der Waals surface area contributed by atoms with Gasteiger partial charge in [-0.25, -0.2) is 4.79 Å². The number of thiophene rings is 1. The zero-order valence-corrected chi connectivity index (χ0v) is 13.4. The largest absolute Gasteiger partial charge is 0.369 e.